The van der Waals surface area contributed by atoms with Gasteiger partial charge in [-0.2, -0.15) is 5.10 Å². The summed E-state index contributed by atoms with van der Waals surface area (Å²) in [5, 5.41) is 16.4. The maximum absolute atomic E-state index is 8.91. The van der Waals surface area contributed by atoms with E-state index in [1.165, 1.54) is 0 Å². The van der Waals surface area contributed by atoms with Crippen molar-refractivity contribution in [2.24, 2.45) is 16.8 Å². The van der Waals surface area contributed by atoms with Gasteiger partial charge < -0.3 is 10.9 Å². The molecule has 20 heavy (non-hydrogen) atoms. The van der Waals surface area contributed by atoms with Crippen LogP contribution in [0.1, 0.15) is 38.9 Å². The van der Waals surface area contributed by atoms with Crippen molar-refractivity contribution in [3.63, 3.8) is 0 Å². The van der Waals surface area contributed by atoms with Crippen LogP contribution in [0.4, 0.5) is 0 Å². The van der Waals surface area contributed by atoms with Crippen molar-refractivity contribution >= 4 is 5.84 Å². The Morgan fingerprint density at radius 2 is 2.35 bits per heavy atom. The lowest BCUT2D eigenvalue weighted by Gasteiger charge is -2.34. The van der Waals surface area contributed by atoms with Gasteiger partial charge in [0.05, 0.1) is 12.6 Å². The van der Waals surface area contributed by atoms with Crippen LogP contribution in [-0.2, 0) is 13.1 Å². The molecule has 1 saturated heterocycles. The SMILES string of the molecule is CC(C)Cn1ncnc1CN1CCCCC1C(N)=NO. The smallest absolute Gasteiger partial charge is 0.156 e. The van der Waals surface area contributed by atoms with Gasteiger partial charge in [0.2, 0.25) is 0 Å². The highest BCUT2D eigenvalue weighted by molar-refractivity contribution is 5.85. The molecule has 1 aromatic heterocycles. The summed E-state index contributed by atoms with van der Waals surface area (Å²) in [6.07, 6.45) is 4.76. The van der Waals surface area contributed by atoms with Crippen molar-refractivity contribution in [1.82, 2.24) is 19.7 Å². The van der Waals surface area contributed by atoms with E-state index in [1.807, 2.05) is 4.68 Å². The van der Waals surface area contributed by atoms with E-state index in [2.05, 4.69) is 34.0 Å². The maximum Gasteiger partial charge on any atom is 0.156 e. The van der Waals surface area contributed by atoms with E-state index in [0.717, 1.165) is 38.2 Å². The van der Waals surface area contributed by atoms with Crippen LogP contribution in [0.5, 0.6) is 0 Å². The van der Waals surface area contributed by atoms with Crippen molar-refractivity contribution < 1.29 is 5.21 Å². The zero-order chi connectivity index (χ0) is 14.5. The van der Waals surface area contributed by atoms with Gasteiger partial charge in [0, 0.05) is 6.54 Å². The molecule has 1 fully saturated rings. The van der Waals surface area contributed by atoms with Gasteiger partial charge in [-0.05, 0) is 25.3 Å². The number of oxime groups is 1. The molecule has 0 saturated carbocycles. The Kier molecular flexibility index (Phi) is 4.94. The number of amidine groups is 1. The fraction of sp³-hybridized carbons (Fsp3) is 0.769. The van der Waals surface area contributed by atoms with E-state index in [-0.39, 0.29) is 6.04 Å². The Labute approximate surface area is 119 Å². The maximum atomic E-state index is 8.91. The second kappa shape index (κ2) is 6.69. The average molecular weight is 280 g/mol. The molecule has 7 nitrogen and oxygen atoms in total. The highest BCUT2D eigenvalue weighted by Gasteiger charge is 2.27. The van der Waals surface area contributed by atoms with Gasteiger partial charge in [0.1, 0.15) is 12.2 Å². The van der Waals surface area contributed by atoms with Crippen LogP contribution in [0.2, 0.25) is 0 Å². The van der Waals surface area contributed by atoms with Gasteiger partial charge in [-0.25, -0.2) is 9.67 Å². The Bertz CT molecular complexity index is 455. The fourth-order valence-electron chi connectivity index (χ4n) is 2.67. The van der Waals surface area contributed by atoms with Gasteiger partial charge in [0.15, 0.2) is 5.84 Å². The van der Waals surface area contributed by atoms with Crippen molar-refractivity contribution in [2.45, 2.75) is 52.2 Å². The first-order chi connectivity index (χ1) is 9.61. The van der Waals surface area contributed by atoms with Crippen molar-refractivity contribution in [1.29, 1.82) is 0 Å². The summed E-state index contributed by atoms with van der Waals surface area (Å²) in [6, 6.07) is -0.00190. The summed E-state index contributed by atoms with van der Waals surface area (Å²) >= 11 is 0. The Balaban J connectivity index is 2.09. The third kappa shape index (κ3) is 3.47. The predicted octanol–water partition coefficient (Wildman–Crippen LogP) is 1.04. The van der Waals surface area contributed by atoms with E-state index in [1.54, 1.807) is 6.33 Å². The largest absolute Gasteiger partial charge is 0.409 e. The van der Waals surface area contributed by atoms with Gasteiger partial charge in [-0.3, -0.25) is 4.90 Å². The molecule has 0 aromatic carbocycles. The van der Waals surface area contributed by atoms with Crippen LogP contribution in [0.15, 0.2) is 11.5 Å². The Morgan fingerprint density at radius 1 is 1.55 bits per heavy atom. The average Bonchev–Trinajstić information content (AvgIpc) is 2.85. The zero-order valence-electron chi connectivity index (χ0n) is 12.2. The molecule has 0 amide bonds. The minimum absolute atomic E-state index is 0.00190. The summed E-state index contributed by atoms with van der Waals surface area (Å²) in [7, 11) is 0. The normalized spacial score (nSPS) is 21.6. The first-order valence-corrected chi connectivity index (χ1v) is 7.20. The molecule has 0 spiro atoms. The molecule has 1 atom stereocenters. The van der Waals surface area contributed by atoms with Crippen LogP contribution < -0.4 is 5.73 Å². The number of likely N-dealkylation sites (tertiary alicyclic amines) is 1. The molecule has 0 radical (unpaired) electrons. The van der Waals surface area contributed by atoms with Crippen molar-refractivity contribution in [2.75, 3.05) is 6.54 Å². The van der Waals surface area contributed by atoms with Crippen LogP contribution >= 0.6 is 0 Å². The number of piperidine rings is 1. The highest BCUT2D eigenvalue weighted by atomic mass is 16.4. The third-order valence-corrected chi connectivity index (χ3v) is 3.65. The topological polar surface area (TPSA) is 92.6 Å². The van der Waals surface area contributed by atoms with Gasteiger partial charge in [0.25, 0.3) is 0 Å². The quantitative estimate of drug-likeness (QED) is 0.364. The summed E-state index contributed by atoms with van der Waals surface area (Å²) in [4.78, 5) is 6.57. The van der Waals surface area contributed by atoms with Crippen LogP contribution in [0.25, 0.3) is 0 Å². The summed E-state index contributed by atoms with van der Waals surface area (Å²) in [6.45, 7) is 6.80. The number of hydrogen-bond acceptors (Lipinski definition) is 5. The first kappa shape index (κ1) is 14.8. The number of aromatic nitrogens is 3. The van der Waals surface area contributed by atoms with Crippen LogP contribution in [-0.4, -0.2) is 43.3 Å². The van der Waals surface area contributed by atoms with Crippen molar-refractivity contribution in [3.05, 3.63) is 12.2 Å². The molecular formula is C13H24N6O. The van der Waals surface area contributed by atoms with E-state index in [9.17, 15) is 0 Å². The van der Waals surface area contributed by atoms with Crippen LogP contribution in [0.3, 0.4) is 0 Å². The van der Waals surface area contributed by atoms with Crippen molar-refractivity contribution in [3.8, 4) is 0 Å². The highest BCUT2D eigenvalue weighted by Crippen LogP contribution is 2.19. The summed E-state index contributed by atoms with van der Waals surface area (Å²) < 4.78 is 1.95. The standard InChI is InChI=1S/C13H24N6O/c1-10(2)7-19-12(15-9-16-19)8-18-6-4-3-5-11(18)13(14)17-20/h9-11,20H,3-8H2,1-2H3,(H2,14,17). The van der Waals surface area contributed by atoms with E-state index >= 15 is 0 Å². The summed E-state index contributed by atoms with van der Waals surface area (Å²) in [5.41, 5.74) is 5.80. The number of nitrogens with two attached hydrogens (primary N) is 1. The molecule has 1 unspecified atom stereocenters. The lowest BCUT2D eigenvalue weighted by molar-refractivity contribution is 0.170. The zero-order valence-corrected chi connectivity index (χ0v) is 12.2. The lowest BCUT2D eigenvalue weighted by atomic mass is 10.0. The van der Waals surface area contributed by atoms with E-state index in [0.29, 0.717) is 18.3 Å². The van der Waals surface area contributed by atoms with Gasteiger partial charge >= 0.3 is 0 Å². The monoisotopic (exact) mass is 280 g/mol. The lowest BCUT2D eigenvalue weighted by Crippen LogP contribution is -2.47. The molecule has 0 bridgehead atoms. The molecule has 1 aromatic rings. The van der Waals surface area contributed by atoms with Gasteiger partial charge in [-0.15, -0.1) is 0 Å². The van der Waals surface area contributed by atoms with Gasteiger partial charge in [-0.1, -0.05) is 25.4 Å². The minimum Gasteiger partial charge on any atom is -0.409 e. The molecule has 0 aliphatic carbocycles. The molecule has 2 rings (SSSR count). The number of nitrogens with zero attached hydrogens (tertiary/aromatic N) is 5. The fourth-order valence-corrected chi connectivity index (χ4v) is 2.67. The van der Waals surface area contributed by atoms with E-state index in [4.69, 9.17) is 10.9 Å². The minimum atomic E-state index is -0.00190. The van der Waals surface area contributed by atoms with Crippen LogP contribution in [0, 0.1) is 5.92 Å². The first-order valence-electron chi connectivity index (χ1n) is 7.20. The molecule has 1 aliphatic rings. The Morgan fingerprint density at radius 3 is 3.05 bits per heavy atom. The number of hydrogen-bond donors (Lipinski definition) is 2. The molecule has 2 heterocycles. The Hall–Kier alpha value is -1.63. The molecule has 7 heteroatoms. The second-order valence-corrected chi connectivity index (χ2v) is 5.76. The second-order valence-electron chi connectivity index (χ2n) is 5.76. The molecule has 1 aliphatic heterocycles. The molecule has 3 N–H and O–H groups in total. The summed E-state index contributed by atoms with van der Waals surface area (Å²) in [5.74, 6) is 1.76. The number of rotatable bonds is 5. The predicted molar refractivity (Wildman–Crippen MR) is 76.3 cm³/mol. The molecule has 112 valence electrons. The third-order valence-electron chi connectivity index (χ3n) is 3.65. The van der Waals surface area contributed by atoms with E-state index < -0.39 is 0 Å². The molecular weight excluding hydrogens is 256 g/mol.